The monoisotopic (exact) mass is 266 g/mol. The molecular weight excluding hydrogens is 256 g/mol. The van der Waals surface area contributed by atoms with Crippen LogP contribution in [0.3, 0.4) is 0 Å². The van der Waals surface area contributed by atoms with Crippen molar-refractivity contribution in [2.45, 2.75) is 6.92 Å². The molecule has 2 rings (SSSR count). The van der Waals surface area contributed by atoms with Crippen molar-refractivity contribution in [3.05, 3.63) is 27.5 Å². The number of cyclic esters (lactones) is 1. The summed E-state index contributed by atoms with van der Waals surface area (Å²) in [6, 6.07) is 3.25. The number of ether oxygens (including phenoxy) is 2. The van der Waals surface area contributed by atoms with Crippen molar-refractivity contribution in [3.8, 4) is 0 Å². The first-order valence-corrected chi connectivity index (χ1v) is 6.12. The van der Waals surface area contributed by atoms with Crippen molar-refractivity contribution >= 4 is 35.1 Å². The molecule has 0 bridgehead atoms. The van der Waals surface area contributed by atoms with E-state index in [9.17, 15) is 14.4 Å². The summed E-state index contributed by atoms with van der Waals surface area (Å²) in [5, 5.41) is 0. The second kappa shape index (κ2) is 5.14. The Hall–Kier alpha value is -1.95. The molecule has 18 heavy (non-hydrogen) atoms. The predicted octanol–water partition coefficient (Wildman–Crippen LogP) is 1.43. The van der Waals surface area contributed by atoms with Gasteiger partial charge in [-0.05, 0) is 25.1 Å². The van der Waals surface area contributed by atoms with Gasteiger partial charge in [-0.2, -0.15) is 0 Å². The van der Waals surface area contributed by atoms with E-state index in [0.717, 1.165) is 11.3 Å². The van der Waals surface area contributed by atoms with Gasteiger partial charge >= 0.3 is 11.9 Å². The predicted molar refractivity (Wildman–Crippen MR) is 64.2 cm³/mol. The van der Waals surface area contributed by atoms with Gasteiger partial charge in [0, 0.05) is 4.88 Å². The van der Waals surface area contributed by atoms with Gasteiger partial charge in [-0.15, -0.1) is 11.3 Å². The fourth-order valence-corrected chi connectivity index (χ4v) is 2.27. The highest BCUT2D eigenvalue weighted by Gasteiger charge is 2.28. The van der Waals surface area contributed by atoms with Crippen LogP contribution in [0.5, 0.6) is 0 Å². The number of esters is 2. The summed E-state index contributed by atoms with van der Waals surface area (Å²) in [6.07, 6.45) is 1.44. The molecule has 0 radical (unpaired) electrons. The smallest absolute Gasteiger partial charge is 0.348 e. The zero-order chi connectivity index (χ0) is 13.1. The van der Waals surface area contributed by atoms with Crippen LogP contribution in [0, 0.1) is 0 Å². The summed E-state index contributed by atoms with van der Waals surface area (Å²) in [6.45, 7) is 1.82. The molecule has 1 aromatic rings. The Bertz CT molecular complexity index is 522. The zero-order valence-corrected chi connectivity index (χ0v) is 10.4. The van der Waals surface area contributed by atoms with Crippen molar-refractivity contribution in [1.82, 2.24) is 0 Å². The molecule has 0 spiro atoms. The molecule has 1 aromatic heterocycles. The van der Waals surface area contributed by atoms with Crippen LogP contribution in [-0.4, -0.2) is 30.9 Å². The fourth-order valence-electron chi connectivity index (χ4n) is 1.42. The third kappa shape index (κ3) is 2.48. The molecule has 0 unspecified atom stereocenters. The third-order valence-electron chi connectivity index (χ3n) is 2.24. The quantitative estimate of drug-likeness (QED) is 0.470. The summed E-state index contributed by atoms with van der Waals surface area (Å²) in [7, 11) is 0. The average Bonchev–Trinajstić information content (AvgIpc) is 2.92. The molecule has 5 nitrogen and oxygen atoms in total. The van der Waals surface area contributed by atoms with Gasteiger partial charge in [0.15, 0.2) is 6.61 Å². The first-order valence-electron chi connectivity index (χ1n) is 5.30. The minimum absolute atomic E-state index is 0.0206. The average molecular weight is 266 g/mol. The molecule has 0 amide bonds. The molecule has 94 valence electrons. The van der Waals surface area contributed by atoms with Gasteiger partial charge in [0.2, 0.25) is 5.78 Å². The lowest BCUT2D eigenvalue weighted by molar-refractivity contribution is -0.135. The molecular formula is C12H10O5S. The lowest BCUT2D eigenvalue weighted by atomic mass is 10.2. The van der Waals surface area contributed by atoms with Gasteiger partial charge in [-0.1, -0.05) is 0 Å². The number of rotatable bonds is 3. The van der Waals surface area contributed by atoms with Gasteiger partial charge in [0.05, 0.1) is 6.61 Å². The molecule has 0 saturated carbocycles. The second-order valence-electron chi connectivity index (χ2n) is 3.48. The van der Waals surface area contributed by atoms with Crippen LogP contribution in [0.4, 0.5) is 0 Å². The van der Waals surface area contributed by atoms with Crippen molar-refractivity contribution in [3.63, 3.8) is 0 Å². The molecule has 0 atom stereocenters. The summed E-state index contributed by atoms with van der Waals surface area (Å²) in [5.74, 6) is -1.37. The highest BCUT2D eigenvalue weighted by atomic mass is 32.1. The van der Waals surface area contributed by atoms with E-state index in [2.05, 4.69) is 4.74 Å². The van der Waals surface area contributed by atoms with Crippen LogP contribution in [0.1, 0.15) is 21.5 Å². The Morgan fingerprint density at radius 2 is 2.28 bits per heavy atom. The first-order chi connectivity index (χ1) is 8.61. The number of hydrogen-bond acceptors (Lipinski definition) is 6. The van der Waals surface area contributed by atoms with Gasteiger partial charge in [-0.3, -0.25) is 4.79 Å². The zero-order valence-electron chi connectivity index (χ0n) is 9.60. The van der Waals surface area contributed by atoms with Crippen molar-refractivity contribution in [2.75, 3.05) is 13.2 Å². The Morgan fingerprint density at radius 1 is 1.50 bits per heavy atom. The molecule has 0 aromatic carbocycles. The van der Waals surface area contributed by atoms with Crippen LogP contribution < -0.4 is 0 Å². The first kappa shape index (κ1) is 12.5. The Kier molecular flexibility index (Phi) is 3.57. The van der Waals surface area contributed by atoms with E-state index >= 15 is 0 Å². The van der Waals surface area contributed by atoms with E-state index < -0.39 is 11.9 Å². The minimum atomic E-state index is -0.619. The maximum Gasteiger partial charge on any atom is 0.348 e. The minimum Gasteiger partial charge on any atom is -0.462 e. The Morgan fingerprint density at radius 3 is 2.89 bits per heavy atom. The van der Waals surface area contributed by atoms with E-state index in [1.807, 2.05) is 0 Å². The fraction of sp³-hybridized carbons (Fsp3) is 0.250. The number of ketones is 1. The SMILES string of the molecule is CCOC(=O)c1ccc(/C=C2/C(=O)COC2=O)s1. The van der Waals surface area contributed by atoms with Crippen LogP contribution >= 0.6 is 11.3 Å². The maximum atomic E-state index is 11.4. The van der Waals surface area contributed by atoms with Crippen molar-refractivity contribution in [1.29, 1.82) is 0 Å². The number of Topliss-reactive ketones (excluding diaryl/α,β-unsaturated/α-hetero) is 1. The van der Waals surface area contributed by atoms with Crippen molar-refractivity contribution in [2.24, 2.45) is 0 Å². The second-order valence-corrected chi connectivity index (χ2v) is 4.60. The van der Waals surface area contributed by atoms with Gasteiger partial charge < -0.3 is 9.47 Å². The number of carbonyl (C=O) groups is 3. The Balaban J connectivity index is 2.21. The number of thiophene rings is 1. The molecule has 2 heterocycles. The standard InChI is InChI=1S/C12H10O5S/c1-2-16-12(15)10-4-3-7(18-10)5-8-9(13)6-17-11(8)14/h3-5H,2,6H2,1H3/b8-5-. The lowest BCUT2D eigenvalue weighted by Gasteiger charge is -1.96. The van der Waals surface area contributed by atoms with Gasteiger partial charge in [0.1, 0.15) is 10.5 Å². The van der Waals surface area contributed by atoms with Crippen LogP contribution in [0.25, 0.3) is 6.08 Å². The lowest BCUT2D eigenvalue weighted by Crippen LogP contribution is -2.01. The van der Waals surface area contributed by atoms with Crippen molar-refractivity contribution < 1.29 is 23.9 Å². The van der Waals surface area contributed by atoms with Crippen LogP contribution in [-0.2, 0) is 19.1 Å². The number of hydrogen-bond donors (Lipinski definition) is 0. The molecule has 1 fully saturated rings. The molecule has 6 heteroatoms. The molecule has 1 aliphatic heterocycles. The van der Waals surface area contributed by atoms with Gasteiger partial charge in [0.25, 0.3) is 0 Å². The third-order valence-corrected chi connectivity index (χ3v) is 3.26. The van der Waals surface area contributed by atoms with Crippen LogP contribution in [0.2, 0.25) is 0 Å². The topological polar surface area (TPSA) is 69.7 Å². The van der Waals surface area contributed by atoms with Crippen LogP contribution in [0.15, 0.2) is 17.7 Å². The largest absolute Gasteiger partial charge is 0.462 e. The summed E-state index contributed by atoms with van der Waals surface area (Å²) in [5.41, 5.74) is 0.0206. The number of carbonyl (C=O) groups excluding carboxylic acids is 3. The van der Waals surface area contributed by atoms with E-state index in [0.29, 0.717) is 16.4 Å². The molecule has 1 saturated heterocycles. The van der Waals surface area contributed by atoms with Gasteiger partial charge in [-0.25, -0.2) is 9.59 Å². The molecule has 0 N–H and O–H groups in total. The summed E-state index contributed by atoms with van der Waals surface area (Å²) < 4.78 is 9.44. The molecule has 1 aliphatic rings. The molecule has 0 aliphatic carbocycles. The van der Waals surface area contributed by atoms with E-state index in [-0.39, 0.29) is 18.0 Å². The van der Waals surface area contributed by atoms with E-state index in [1.165, 1.54) is 6.08 Å². The van der Waals surface area contributed by atoms with E-state index in [4.69, 9.17) is 4.74 Å². The van der Waals surface area contributed by atoms with E-state index in [1.54, 1.807) is 19.1 Å². The highest BCUT2D eigenvalue weighted by Crippen LogP contribution is 2.22. The normalized spacial score (nSPS) is 17.1. The summed E-state index contributed by atoms with van der Waals surface area (Å²) >= 11 is 1.16. The highest BCUT2D eigenvalue weighted by molar-refractivity contribution is 7.14. The maximum absolute atomic E-state index is 11.4. The summed E-state index contributed by atoms with van der Waals surface area (Å²) in [4.78, 5) is 35.1. The Labute approximate surface area is 107 Å².